The summed E-state index contributed by atoms with van der Waals surface area (Å²) in [7, 11) is 0. The van der Waals surface area contributed by atoms with Crippen LogP contribution in [0.15, 0.2) is 30.0 Å². The fraction of sp³-hybridized carbons (Fsp3) is 0.609. The number of nitro benzene ring substituents is 1. The van der Waals surface area contributed by atoms with Gasteiger partial charge in [0.1, 0.15) is 23.2 Å². The van der Waals surface area contributed by atoms with E-state index in [1.165, 1.54) is 23.1 Å². The highest BCUT2D eigenvalue weighted by molar-refractivity contribution is 5.91. The molecule has 31 heavy (non-hydrogen) atoms. The van der Waals surface area contributed by atoms with Crippen molar-refractivity contribution in [1.82, 2.24) is 4.90 Å². The number of ether oxygens (including phenoxy) is 2. The third kappa shape index (κ3) is 4.54. The molecular weight excluding hydrogens is 400 g/mol. The minimum Gasteiger partial charge on any atom is -0.496 e. The molecule has 1 aromatic carbocycles. The summed E-state index contributed by atoms with van der Waals surface area (Å²) in [6.45, 7) is 6.76. The van der Waals surface area contributed by atoms with Gasteiger partial charge in [-0.05, 0) is 25.3 Å². The van der Waals surface area contributed by atoms with E-state index in [9.17, 15) is 20.0 Å². The molecule has 2 aliphatic heterocycles. The average Bonchev–Trinajstić information content (AvgIpc) is 3.12. The van der Waals surface area contributed by atoms with E-state index >= 15 is 0 Å². The number of unbranched alkanes of at least 4 members (excludes halogenated alkanes) is 3. The highest BCUT2D eigenvalue weighted by Gasteiger charge is 2.51. The molecule has 0 unspecified atom stereocenters. The molecule has 0 saturated heterocycles. The predicted octanol–water partition coefficient (Wildman–Crippen LogP) is 4.27. The van der Waals surface area contributed by atoms with Crippen LogP contribution in [0.25, 0.3) is 0 Å². The largest absolute Gasteiger partial charge is 0.496 e. The number of carbonyl (C=O) groups excluding carboxylic acids is 1. The number of nitro groups is 1. The second-order valence-corrected chi connectivity index (χ2v) is 8.23. The van der Waals surface area contributed by atoms with Crippen LogP contribution in [0.5, 0.6) is 5.75 Å². The second kappa shape index (κ2) is 9.68. The maximum Gasteiger partial charge on any atom is 0.270 e. The van der Waals surface area contributed by atoms with Crippen molar-refractivity contribution in [1.29, 1.82) is 0 Å². The number of amides is 1. The van der Waals surface area contributed by atoms with Crippen molar-refractivity contribution >= 4 is 11.6 Å². The average molecular weight is 433 g/mol. The van der Waals surface area contributed by atoms with E-state index < -0.39 is 22.7 Å². The van der Waals surface area contributed by atoms with E-state index in [0.29, 0.717) is 36.5 Å². The summed E-state index contributed by atoms with van der Waals surface area (Å²) in [5, 5.41) is 22.7. The fourth-order valence-electron chi connectivity index (χ4n) is 4.43. The van der Waals surface area contributed by atoms with Gasteiger partial charge >= 0.3 is 0 Å². The van der Waals surface area contributed by atoms with Crippen LogP contribution in [-0.4, -0.2) is 45.7 Å². The van der Waals surface area contributed by atoms with Gasteiger partial charge in [0.15, 0.2) is 0 Å². The molecule has 0 aliphatic carbocycles. The van der Waals surface area contributed by atoms with Gasteiger partial charge in [-0.3, -0.25) is 14.9 Å². The molecule has 1 aromatic rings. The van der Waals surface area contributed by atoms with Crippen molar-refractivity contribution in [2.75, 3.05) is 13.2 Å². The molecule has 0 fully saturated rings. The summed E-state index contributed by atoms with van der Waals surface area (Å²) in [4.78, 5) is 25.3. The van der Waals surface area contributed by atoms with E-state index in [2.05, 4.69) is 6.92 Å². The van der Waals surface area contributed by atoms with Crippen molar-refractivity contribution in [3.63, 3.8) is 0 Å². The van der Waals surface area contributed by atoms with Crippen molar-refractivity contribution in [2.24, 2.45) is 0 Å². The maximum absolute atomic E-state index is 12.9. The first-order valence-electron chi connectivity index (χ1n) is 11.2. The normalized spacial score (nSPS) is 22.0. The van der Waals surface area contributed by atoms with Gasteiger partial charge in [0.2, 0.25) is 0 Å². The molecule has 1 N–H and O–H groups in total. The first-order chi connectivity index (χ1) is 14.9. The zero-order valence-electron chi connectivity index (χ0n) is 18.5. The first-order valence-corrected chi connectivity index (χ1v) is 11.2. The number of carbonyl (C=O) groups is 1. The Morgan fingerprint density at radius 1 is 1.26 bits per heavy atom. The van der Waals surface area contributed by atoms with E-state index in [1.807, 2.05) is 13.8 Å². The molecule has 1 amide bonds. The van der Waals surface area contributed by atoms with Gasteiger partial charge in [-0.25, -0.2) is 0 Å². The van der Waals surface area contributed by atoms with Crippen molar-refractivity contribution in [3.8, 4) is 5.75 Å². The Labute approximate surface area is 183 Å². The van der Waals surface area contributed by atoms with Gasteiger partial charge in [0.05, 0.1) is 24.1 Å². The summed E-state index contributed by atoms with van der Waals surface area (Å²) in [5.74, 6) is 0.755. The zero-order chi connectivity index (χ0) is 22.6. The number of hydrogen-bond donors (Lipinski definition) is 1. The molecule has 0 radical (unpaired) electrons. The van der Waals surface area contributed by atoms with Gasteiger partial charge in [-0.1, -0.05) is 40.0 Å². The van der Waals surface area contributed by atoms with Crippen LogP contribution in [0, 0.1) is 10.1 Å². The topological polar surface area (TPSA) is 102 Å². The lowest BCUT2D eigenvalue weighted by molar-refractivity contribution is -0.385. The molecule has 0 saturated carbocycles. The Bertz CT molecular complexity index is 848. The summed E-state index contributed by atoms with van der Waals surface area (Å²) in [6, 6.07) is 3.59. The van der Waals surface area contributed by atoms with Crippen molar-refractivity contribution in [3.05, 3.63) is 45.7 Å². The van der Waals surface area contributed by atoms with E-state index in [0.717, 1.165) is 25.7 Å². The molecule has 8 nitrogen and oxygen atoms in total. The quantitative estimate of drug-likeness (QED) is 0.336. The number of fused-ring (bicyclic) bond motifs is 1. The minimum absolute atomic E-state index is 0.105. The summed E-state index contributed by atoms with van der Waals surface area (Å²) in [6.07, 6.45) is 5.78. The van der Waals surface area contributed by atoms with E-state index in [-0.39, 0.29) is 18.1 Å². The molecule has 0 bridgehead atoms. The predicted molar refractivity (Wildman–Crippen MR) is 116 cm³/mol. The second-order valence-electron chi connectivity index (χ2n) is 8.23. The lowest BCUT2D eigenvalue weighted by atomic mass is 9.80. The number of aliphatic hydroxyl groups excluding tert-OH is 1. The lowest BCUT2D eigenvalue weighted by Crippen LogP contribution is -2.56. The number of benzene rings is 1. The van der Waals surface area contributed by atoms with E-state index in [1.54, 1.807) is 6.07 Å². The van der Waals surface area contributed by atoms with Crippen LogP contribution >= 0.6 is 0 Å². The molecule has 0 aromatic heterocycles. The Kier molecular flexibility index (Phi) is 7.20. The molecule has 3 rings (SSSR count). The van der Waals surface area contributed by atoms with Crippen LogP contribution < -0.4 is 4.74 Å². The number of rotatable bonds is 10. The Morgan fingerprint density at radius 2 is 2.00 bits per heavy atom. The smallest absolute Gasteiger partial charge is 0.270 e. The molecule has 2 atom stereocenters. The van der Waals surface area contributed by atoms with Gasteiger partial charge in [0.25, 0.3) is 11.6 Å². The Balaban J connectivity index is 1.87. The number of hydrogen-bond acceptors (Lipinski definition) is 6. The summed E-state index contributed by atoms with van der Waals surface area (Å²) < 4.78 is 12.0. The maximum atomic E-state index is 12.9. The molecule has 2 heterocycles. The zero-order valence-corrected chi connectivity index (χ0v) is 18.5. The Hall–Kier alpha value is -2.61. The van der Waals surface area contributed by atoms with Crippen LogP contribution in [0.1, 0.15) is 70.9 Å². The van der Waals surface area contributed by atoms with Crippen LogP contribution in [0.2, 0.25) is 0 Å². The molecule has 170 valence electrons. The molecule has 2 aliphatic rings. The number of nitrogens with zero attached hydrogens (tertiary/aromatic N) is 2. The van der Waals surface area contributed by atoms with Gasteiger partial charge in [-0.15, -0.1) is 0 Å². The van der Waals surface area contributed by atoms with E-state index in [4.69, 9.17) is 9.47 Å². The third-order valence-corrected chi connectivity index (χ3v) is 6.39. The molecular formula is C23H32N2O6. The minimum atomic E-state index is -1.03. The highest BCUT2D eigenvalue weighted by Crippen LogP contribution is 2.47. The van der Waals surface area contributed by atoms with Gasteiger partial charge in [0, 0.05) is 23.8 Å². The first kappa shape index (κ1) is 23.1. The van der Waals surface area contributed by atoms with Crippen molar-refractivity contribution in [2.45, 2.75) is 77.0 Å². The van der Waals surface area contributed by atoms with Crippen molar-refractivity contribution < 1.29 is 24.3 Å². The number of aliphatic hydroxyl groups is 1. The van der Waals surface area contributed by atoms with Crippen LogP contribution in [0.3, 0.4) is 0 Å². The SMILES string of the molecule is CCCCCCOC1=CC(=O)N([C@H]2c3cc([N+](=O)[O-])ccc3OC(CC)(CC)[C@@H]2O)C1. The van der Waals surface area contributed by atoms with Gasteiger partial charge < -0.3 is 19.5 Å². The lowest BCUT2D eigenvalue weighted by Gasteiger charge is -2.48. The summed E-state index contributed by atoms with van der Waals surface area (Å²) in [5.41, 5.74) is -0.532. The summed E-state index contributed by atoms with van der Waals surface area (Å²) >= 11 is 0. The highest BCUT2D eigenvalue weighted by atomic mass is 16.6. The standard InChI is InChI=1S/C23H32N2O6/c1-4-7-8-9-12-30-17-14-20(26)24(15-17)21-18-13-16(25(28)29)10-11-19(18)31-23(5-2,6-3)22(21)27/h10-11,13-14,21-22,27H,4-9,12,15H2,1-3H3/t21-,22+/m0/s1. The fourth-order valence-corrected chi connectivity index (χ4v) is 4.43. The molecule has 8 heteroatoms. The Morgan fingerprint density at radius 3 is 2.65 bits per heavy atom. The van der Waals surface area contributed by atoms with Gasteiger partial charge in [-0.2, -0.15) is 0 Å². The third-order valence-electron chi connectivity index (χ3n) is 6.39. The number of non-ortho nitro benzene ring substituents is 1. The van der Waals surface area contributed by atoms with Crippen LogP contribution in [-0.2, 0) is 9.53 Å². The van der Waals surface area contributed by atoms with Crippen LogP contribution in [0.4, 0.5) is 5.69 Å². The molecule has 0 spiro atoms. The monoisotopic (exact) mass is 432 g/mol.